The van der Waals surface area contributed by atoms with Crippen molar-refractivity contribution in [3.63, 3.8) is 0 Å². The molecule has 0 aliphatic carbocycles. The Bertz CT molecular complexity index is 1120. The standard InChI is InChI=1S/C23H20ClFN2O3S/c1-3-29-22(28)20-14(2)26-23-27(10-11-31-23)21(20)15-8-9-19(17(24)12-15)30-13-16-6-4-5-7-18(16)25/h4-12,21H,3,13H2,1-2H3/t21-/m1/s1. The van der Waals surface area contributed by atoms with Gasteiger partial charge in [0, 0.05) is 11.8 Å². The van der Waals surface area contributed by atoms with Gasteiger partial charge < -0.3 is 14.4 Å². The molecule has 2 aliphatic heterocycles. The fraction of sp³-hybridized carbons (Fsp3) is 0.217. The predicted octanol–water partition coefficient (Wildman–Crippen LogP) is 5.83. The van der Waals surface area contributed by atoms with E-state index in [2.05, 4.69) is 4.99 Å². The lowest BCUT2D eigenvalue weighted by atomic mass is 9.94. The van der Waals surface area contributed by atoms with Crippen molar-refractivity contribution >= 4 is 34.5 Å². The summed E-state index contributed by atoms with van der Waals surface area (Å²) >= 11 is 7.99. The van der Waals surface area contributed by atoms with E-state index >= 15 is 0 Å². The molecule has 5 nitrogen and oxygen atoms in total. The molecule has 31 heavy (non-hydrogen) atoms. The van der Waals surface area contributed by atoms with Crippen molar-refractivity contribution in [2.75, 3.05) is 6.61 Å². The molecular formula is C23H20ClFN2O3S. The number of carbonyl (C=O) groups is 1. The van der Waals surface area contributed by atoms with Gasteiger partial charge in [-0.25, -0.2) is 14.2 Å². The van der Waals surface area contributed by atoms with Crippen LogP contribution in [0.1, 0.15) is 31.0 Å². The Morgan fingerprint density at radius 2 is 2.10 bits per heavy atom. The van der Waals surface area contributed by atoms with Gasteiger partial charge in [-0.1, -0.05) is 47.6 Å². The number of ether oxygens (including phenoxy) is 2. The summed E-state index contributed by atoms with van der Waals surface area (Å²) in [6.45, 7) is 3.90. The van der Waals surface area contributed by atoms with Gasteiger partial charge in [-0.2, -0.15) is 0 Å². The molecule has 4 rings (SSSR count). The molecule has 0 aromatic heterocycles. The van der Waals surface area contributed by atoms with Gasteiger partial charge in [0.15, 0.2) is 5.17 Å². The molecule has 160 valence electrons. The Hall–Kier alpha value is -2.77. The van der Waals surface area contributed by atoms with E-state index in [9.17, 15) is 9.18 Å². The second-order valence-electron chi connectivity index (χ2n) is 6.90. The zero-order valence-electron chi connectivity index (χ0n) is 17.0. The average Bonchev–Trinajstić information content (AvgIpc) is 3.21. The second kappa shape index (κ2) is 9.16. The molecule has 0 unspecified atom stereocenters. The molecule has 0 saturated heterocycles. The van der Waals surface area contributed by atoms with E-state index < -0.39 is 12.0 Å². The molecule has 0 radical (unpaired) electrons. The zero-order chi connectivity index (χ0) is 22.0. The molecule has 8 heteroatoms. The molecule has 0 fully saturated rings. The van der Waals surface area contributed by atoms with Crippen molar-refractivity contribution < 1.29 is 18.7 Å². The summed E-state index contributed by atoms with van der Waals surface area (Å²) in [6, 6.07) is 11.3. The van der Waals surface area contributed by atoms with E-state index in [1.165, 1.54) is 17.8 Å². The van der Waals surface area contributed by atoms with Crippen LogP contribution in [0.15, 0.2) is 70.3 Å². The predicted molar refractivity (Wildman–Crippen MR) is 120 cm³/mol. The van der Waals surface area contributed by atoms with Crippen molar-refractivity contribution in [1.82, 2.24) is 4.90 Å². The van der Waals surface area contributed by atoms with Gasteiger partial charge in [0.1, 0.15) is 18.2 Å². The molecule has 2 aromatic rings. The third kappa shape index (κ3) is 4.34. The number of halogens is 2. The molecule has 2 aromatic carbocycles. The van der Waals surface area contributed by atoms with Crippen LogP contribution in [0, 0.1) is 5.82 Å². The summed E-state index contributed by atoms with van der Waals surface area (Å²) in [7, 11) is 0. The van der Waals surface area contributed by atoms with Gasteiger partial charge in [-0.15, -0.1) is 0 Å². The van der Waals surface area contributed by atoms with Crippen molar-refractivity contribution in [1.29, 1.82) is 0 Å². The van der Waals surface area contributed by atoms with Gasteiger partial charge in [-0.05, 0) is 43.0 Å². The van der Waals surface area contributed by atoms with Crippen molar-refractivity contribution in [2.45, 2.75) is 26.5 Å². The molecule has 0 saturated carbocycles. The molecule has 0 amide bonds. The van der Waals surface area contributed by atoms with E-state index in [4.69, 9.17) is 21.1 Å². The topological polar surface area (TPSA) is 51.1 Å². The van der Waals surface area contributed by atoms with Crippen LogP contribution in [0.3, 0.4) is 0 Å². The summed E-state index contributed by atoms with van der Waals surface area (Å²) in [4.78, 5) is 19.2. The minimum absolute atomic E-state index is 0.0601. The zero-order valence-corrected chi connectivity index (χ0v) is 18.5. The molecule has 0 spiro atoms. The van der Waals surface area contributed by atoms with Gasteiger partial charge in [-0.3, -0.25) is 0 Å². The molecule has 0 N–H and O–H groups in total. The number of nitrogens with zero attached hydrogens (tertiary/aromatic N) is 2. The molecule has 0 bridgehead atoms. The summed E-state index contributed by atoms with van der Waals surface area (Å²) in [5.74, 6) is -0.306. The van der Waals surface area contributed by atoms with Crippen molar-refractivity contribution in [3.8, 4) is 5.75 Å². The minimum atomic E-state index is -0.420. The number of aliphatic imine (C=N–C) groups is 1. The Kier molecular flexibility index (Phi) is 6.34. The minimum Gasteiger partial charge on any atom is -0.487 e. The van der Waals surface area contributed by atoms with Gasteiger partial charge in [0.25, 0.3) is 0 Å². The fourth-order valence-corrected chi connectivity index (χ4v) is 4.51. The van der Waals surface area contributed by atoms with Crippen molar-refractivity contribution in [3.05, 3.63) is 87.3 Å². The van der Waals surface area contributed by atoms with Crippen LogP contribution in [0.2, 0.25) is 5.02 Å². The van der Waals surface area contributed by atoms with Gasteiger partial charge >= 0.3 is 5.97 Å². The fourth-order valence-electron chi connectivity index (χ4n) is 3.47. The lowest BCUT2D eigenvalue weighted by Gasteiger charge is -2.33. The van der Waals surface area contributed by atoms with Crippen molar-refractivity contribution in [2.24, 2.45) is 4.99 Å². The maximum atomic E-state index is 13.9. The SMILES string of the molecule is CCOC(=O)C1=C(C)N=C2SC=CN2[C@@H]1c1ccc(OCc2ccccc2F)c(Cl)c1. The first-order valence-electron chi connectivity index (χ1n) is 9.73. The normalized spacial score (nSPS) is 17.5. The Morgan fingerprint density at radius 3 is 2.84 bits per heavy atom. The largest absolute Gasteiger partial charge is 0.487 e. The monoisotopic (exact) mass is 458 g/mol. The first-order chi connectivity index (χ1) is 15.0. The number of amidine groups is 1. The number of fused-ring (bicyclic) bond motifs is 1. The smallest absolute Gasteiger partial charge is 0.338 e. The van der Waals surface area contributed by atoms with E-state index in [0.717, 1.165) is 10.7 Å². The molecular weight excluding hydrogens is 439 g/mol. The van der Waals surface area contributed by atoms with Crippen LogP contribution in [0.4, 0.5) is 4.39 Å². The maximum absolute atomic E-state index is 13.9. The summed E-state index contributed by atoms with van der Waals surface area (Å²) in [6.07, 6.45) is 1.89. The lowest BCUT2D eigenvalue weighted by Crippen LogP contribution is -2.34. The number of thioether (sulfide) groups is 1. The van der Waals surface area contributed by atoms with Gasteiger partial charge in [0.2, 0.25) is 0 Å². The highest BCUT2D eigenvalue weighted by Gasteiger charge is 2.37. The highest BCUT2D eigenvalue weighted by Crippen LogP contribution is 2.42. The Labute approximate surface area is 189 Å². The second-order valence-corrected chi connectivity index (χ2v) is 8.18. The first-order valence-corrected chi connectivity index (χ1v) is 11.0. The number of esters is 1. The van der Waals surface area contributed by atoms with Crippen LogP contribution < -0.4 is 4.74 Å². The van der Waals surface area contributed by atoms with E-state index in [1.807, 2.05) is 22.6 Å². The quantitative estimate of drug-likeness (QED) is 0.510. The van der Waals surface area contributed by atoms with E-state index in [0.29, 0.717) is 27.6 Å². The van der Waals surface area contributed by atoms with E-state index in [-0.39, 0.29) is 19.0 Å². The van der Waals surface area contributed by atoms with Crippen LogP contribution in [0.25, 0.3) is 0 Å². The highest BCUT2D eigenvalue weighted by atomic mass is 35.5. The third-order valence-corrected chi connectivity index (χ3v) is 5.99. The molecule has 1 atom stereocenters. The van der Waals surface area contributed by atoms with Crippen LogP contribution >= 0.6 is 23.4 Å². The summed E-state index contributed by atoms with van der Waals surface area (Å²) in [5.41, 5.74) is 2.32. The Morgan fingerprint density at radius 1 is 1.29 bits per heavy atom. The molecule has 2 heterocycles. The van der Waals surface area contributed by atoms with Crippen LogP contribution in [-0.4, -0.2) is 22.6 Å². The average molecular weight is 459 g/mol. The number of allylic oxidation sites excluding steroid dienone is 1. The number of rotatable bonds is 6. The number of hydrogen-bond acceptors (Lipinski definition) is 6. The first kappa shape index (κ1) is 21.5. The maximum Gasteiger partial charge on any atom is 0.338 e. The summed E-state index contributed by atoms with van der Waals surface area (Å²) in [5, 5.41) is 3.07. The number of hydrogen-bond donors (Lipinski definition) is 0. The lowest BCUT2D eigenvalue weighted by molar-refractivity contribution is -0.139. The number of carbonyl (C=O) groups excluding carboxylic acids is 1. The number of benzene rings is 2. The van der Waals surface area contributed by atoms with Crippen LogP contribution in [-0.2, 0) is 16.1 Å². The van der Waals surface area contributed by atoms with E-state index in [1.54, 1.807) is 44.2 Å². The van der Waals surface area contributed by atoms with Crippen LogP contribution in [0.5, 0.6) is 5.75 Å². The Balaban J connectivity index is 1.63. The molecule has 2 aliphatic rings. The summed E-state index contributed by atoms with van der Waals surface area (Å²) < 4.78 is 24.9. The third-order valence-electron chi connectivity index (χ3n) is 4.93. The van der Waals surface area contributed by atoms with Gasteiger partial charge in [0.05, 0.1) is 28.9 Å². The highest BCUT2D eigenvalue weighted by molar-refractivity contribution is 8.16.